The van der Waals surface area contributed by atoms with Crippen molar-refractivity contribution in [2.24, 2.45) is 5.73 Å². The number of primary amides is 1. The number of carbonyl (C=O) groups excluding carboxylic acids is 1. The molecule has 1 aromatic rings. The second-order valence-electron chi connectivity index (χ2n) is 4.35. The van der Waals surface area contributed by atoms with E-state index in [-0.39, 0.29) is 30.0 Å². The van der Waals surface area contributed by atoms with Crippen LogP contribution in [0.5, 0.6) is 0 Å². The minimum Gasteiger partial charge on any atom is -0.465 e. The summed E-state index contributed by atoms with van der Waals surface area (Å²) in [6, 6.07) is 2.58. The molecule has 22 heavy (non-hydrogen) atoms. The summed E-state index contributed by atoms with van der Waals surface area (Å²) in [5.74, 6) is -0.739. The molecule has 0 saturated carbocycles. The highest BCUT2D eigenvalue weighted by atomic mass is 16.6. The number of carbonyl (C=O) groups is 2. The van der Waals surface area contributed by atoms with Gasteiger partial charge in [0.2, 0.25) is 5.91 Å². The number of hydrogen-bond acceptors (Lipinski definition) is 5. The molecule has 0 radical (unpaired) electrons. The average molecular weight is 308 g/mol. The Morgan fingerprint density at radius 3 is 2.55 bits per heavy atom. The fraction of sp³-hybridized carbons (Fsp3) is 0.231. The molecule has 1 rings (SSSR count). The Morgan fingerprint density at radius 2 is 2.00 bits per heavy atom. The standard InChI is InChI=1S/C13H16N4O5/c1-8-6-9(12(14)18)7-10(17(21)22)11(8)15-4-2-3-5-16-13(19)20/h2-3,6-7,15-16H,4-5H2,1H3,(H2,14,18)(H,19,20)/b3-2+. The second-order valence-corrected chi connectivity index (χ2v) is 4.35. The fourth-order valence-corrected chi connectivity index (χ4v) is 1.76. The minimum absolute atomic E-state index is 0.0657. The van der Waals surface area contributed by atoms with Crippen LogP contribution in [-0.4, -0.2) is 35.1 Å². The third-order valence-electron chi connectivity index (χ3n) is 2.73. The van der Waals surface area contributed by atoms with Gasteiger partial charge in [0.15, 0.2) is 0 Å². The summed E-state index contributed by atoms with van der Waals surface area (Å²) < 4.78 is 0. The zero-order chi connectivity index (χ0) is 16.7. The predicted octanol–water partition coefficient (Wildman–Crippen LogP) is 1.24. The number of nitro benzene ring substituents is 1. The molecule has 0 aromatic heterocycles. The maximum Gasteiger partial charge on any atom is 0.404 e. The van der Waals surface area contributed by atoms with Crippen LogP contribution in [0.15, 0.2) is 24.3 Å². The minimum atomic E-state index is -1.13. The van der Waals surface area contributed by atoms with E-state index in [0.29, 0.717) is 5.56 Å². The van der Waals surface area contributed by atoms with Crippen LogP contribution in [0.1, 0.15) is 15.9 Å². The van der Waals surface area contributed by atoms with Crippen molar-refractivity contribution >= 4 is 23.4 Å². The van der Waals surface area contributed by atoms with Gasteiger partial charge in [-0.15, -0.1) is 0 Å². The number of amides is 2. The number of nitrogens with two attached hydrogens (primary N) is 1. The molecule has 9 nitrogen and oxygen atoms in total. The maximum absolute atomic E-state index is 11.1. The second kappa shape index (κ2) is 7.62. The summed E-state index contributed by atoms with van der Waals surface area (Å²) >= 11 is 0. The number of nitro groups is 1. The monoisotopic (exact) mass is 308 g/mol. The zero-order valence-electron chi connectivity index (χ0n) is 11.8. The molecule has 0 heterocycles. The van der Waals surface area contributed by atoms with E-state index in [4.69, 9.17) is 10.8 Å². The lowest BCUT2D eigenvalue weighted by atomic mass is 10.1. The van der Waals surface area contributed by atoms with E-state index in [0.717, 1.165) is 6.07 Å². The molecule has 0 saturated heterocycles. The highest BCUT2D eigenvalue weighted by Crippen LogP contribution is 2.29. The Labute approximate surface area is 126 Å². The molecule has 9 heteroatoms. The lowest BCUT2D eigenvalue weighted by molar-refractivity contribution is -0.384. The summed E-state index contributed by atoms with van der Waals surface area (Å²) in [5, 5.41) is 24.5. The number of benzene rings is 1. The van der Waals surface area contributed by atoms with E-state index in [9.17, 15) is 19.7 Å². The molecule has 118 valence electrons. The number of aryl methyl sites for hydroxylation is 1. The van der Waals surface area contributed by atoms with Crippen molar-refractivity contribution < 1.29 is 19.6 Å². The van der Waals surface area contributed by atoms with E-state index in [1.807, 2.05) is 0 Å². The van der Waals surface area contributed by atoms with Crippen LogP contribution in [0.4, 0.5) is 16.2 Å². The molecule has 0 fully saturated rings. The molecule has 1 aromatic carbocycles. The van der Waals surface area contributed by atoms with Crippen LogP contribution in [0.3, 0.4) is 0 Å². The van der Waals surface area contributed by atoms with Crippen molar-refractivity contribution in [2.75, 3.05) is 18.4 Å². The van der Waals surface area contributed by atoms with E-state index >= 15 is 0 Å². The van der Waals surface area contributed by atoms with E-state index < -0.39 is 16.9 Å². The third-order valence-corrected chi connectivity index (χ3v) is 2.73. The molecule has 0 aliphatic heterocycles. The molecule has 0 atom stereocenters. The first kappa shape index (κ1) is 17.0. The van der Waals surface area contributed by atoms with Gasteiger partial charge in [0.25, 0.3) is 5.69 Å². The lowest BCUT2D eigenvalue weighted by Crippen LogP contribution is -2.20. The predicted molar refractivity (Wildman–Crippen MR) is 80.0 cm³/mol. The molecule has 0 aliphatic carbocycles. The Hall–Kier alpha value is -3.10. The molecule has 0 unspecified atom stereocenters. The molecular formula is C13H16N4O5. The van der Waals surface area contributed by atoms with Gasteiger partial charge in [-0.2, -0.15) is 0 Å². The van der Waals surface area contributed by atoms with Crippen molar-refractivity contribution in [3.8, 4) is 0 Å². The first-order chi connectivity index (χ1) is 10.3. The van der Waals surface area contributed by atoms with E-state index in [2.05, 4.69) is 10.6 Å². The Kier molecular flexibility index (Phi) is 5.87. The summed E-state index contributed by atoms with van der Waals surface area (Å²) in [7, 11) is 0. The largest absolute Gasteiger partial charge is 0.465 e. The average Bonchev–Trinajstić information content (AvgIpc) is 2.42. The first-order valence-electron chi connectivity index (χ1n) is 6.27. The van der Waals surface area contributed by atoms with Crippen molar-refractivity contribution in [3.63, 3.8) is 0 Å². The Bertz CT molecular complexity index is 627. The summed E-state index contributed by atoms with van der Waals surface area (Å²) in [4.78, 5) is 31.9. The number of nitrogens with one attached hydrogen (secondary N) is 2. The van der Waals surface area contributed by atoms with Gasteiger partial charge in [-0.1, -0.05) is 12.2 Å². The van der Waals surface area contributed by atoms with Gasteiger partial charge < -0.3 is 21.5 Å². The molecule has 0 aliphatic rings. The highest BCUT2D eigenvalue weighted by molar-refractivity contribution is 5.95. The summed E-state index contributed by atoms with van der Waals surface area (Å²) in [5.41, 5.74) is 5.75. The normalized spacial score (nSPS) is 10.4. The van der Waals surface area contributed by atoms with Gasteiger partial charge in [-0.25, -0.2) is 4.79 Å². The van der Waals surface area contributed by atoms with Crippen LogP contribution in [0.2, 0.25) is 0 Å². The van der Waals surface area contributed by atoms with Crippen molar-refractivity contribution in [3.05, 3.63) is 45.5 Å². The van der Waals surface area contributed by atoms with Crippen LogP contribution in [-0.2, 0) is 0 Å². The van der Waals surface area contributed by atoms with Crippen molar-refractivity contribution in [1.82, 2.24) is 5.32 Å². The fourth-order valence-electron chi connectivity index (χ4n) is 1.76. The molecule has 0 spiro atoms. The smallest absolute Gasteiger partial charge is 0.404 e. The molecule has 2 amide bonds. The number of carboxylic acid groups (broad SMARTS) is 1. The Morgan fingerprint density at radius 1 is 1.36 bits per heavy atom. The molecule has 0 bridgehead atoms. The van der Waals surface area contributed by atoms with Crippen molar-refractivity contribution in [1.29, 1.82) is 0 Å². The maximum atomic E-state index is 11.1. The van der Waals surface area contributed by atoms with Gasteiger partial charge in [0, 0.05) is 24.7 Å². The number of hydrogen-bond donors (Lipinski definition) is 4. The quantitative estimate of drug-likeness (QED) is 0.338. The SMILES string of the molecule is Cc1cc(C(N)=O)cc([N+](=O)[O-])c1NC/C=C/CNC(=O)O. The van der Waals surface area contributed by atoms with E-state index in [1.165, 1.54) is 6.07 Å². The lowest BCUT2D eigenvalue weighted by Gasteiger charge is -2.09. The molecule has 5 N–H and O–H groups in total. The van der Waals surface area contributed by atoms with Crippen LogP contribution < -0.4 is 16.4 Å². The van der Waals surface area contributed by atoms with Crippen LogP contribution >= 0.6 is 0 Å². The summed E-state index contributed by atoms with van der Waals surface area (Å²) in [6.07, 6.45) is 2.06. The number of nitrogens with zero attached hydrogens (tertiary/aromatic N) is 1. The Balaban J connectivity index is 2.83. The van der Waals surface area contributed by atoms with E-state index in [1.54, 1.807) is 19.1 Å². The van der Waals surface area contributed by atoms with Gasteiger partial charge in [-0.05, 0) is 18.6 Å². The number of rotatable bonds is 7. The topological polar surface area (TPSA) is 148 Å². The van der Waals surface area contributed by atoms with Crippen molar-refractivity contribution in [2.45, 2.75) is 6.92 Å². The molecular weight excluding hydrogens is 292 g/mol. The number of anilines is 1. The summed E-state index contributed by atoms with van der Waals surface area (Å²) in [6.45, 7) is 2.02. The van der Waals surface area contributed by atoms with Gasteiger partial charge in [-0.3, -0.25) is 14.9 Å². The van der Waals surface area contributed by atoms with Gasteiger partial charge in [0.05, 0.1) is 4.92 Å². The zero-order valence-corrected chi connectivity index (χ0v) is 11.8. The van der Waals surface area contributed by atoms with Gasteiger partial charge in [0.1, 0.15) is 5.69 Å². The highest BCUT2D eigenvalue weighted by Gasteiger charge is 2.19. The third kappa shape index (κ3) is 4.78. The van der Waals surface area contributed by atoms with Crippen LogP contribution in [0, 0.1) is 17.0 Å². The van der Waals surface area contributed by atoms with Gasteiger partial charge >= 0.3 is 6.09 Å². The first-order valence-corrected chi connectivity index (χ1v) is 6.27. The van der Waals surface area contributed by atoms with Crippen LogP contribution in [0.25, 0.3) is 0 Å².